The van der Waals surface area contributed by atoms with Crippen LogP contribution in [0.2, 0.25) is 0 Å². The lowest BCUT2D eigenvalue weighted by Gasteiger charge is -2.23. The van der Waals surface area contributed by atoms with Crippen LogP contribution in [0.1, 0.15) is 12.8 Å². The average Bonchev–Trinajstić information content (AvgIpc) is 2.53. The normalized spacial score (nSPS) is 16.4. The van der Waals surface area contributed by atoms with E-state index in [9.17, 15) is 0 Å². The maximum absolute atomic E-state index is 5.92. The molecule has 1 N–H and O–H groups in total. The van der Waals surface area contributed by atoms with Crippen LogP contribution in [0, 0.1) is 0 Å². The molecule has 1 aliphatic rings. The molecule has 0 saturated carbocycles. The van der Waals surface area contributed by atoms with E-state index in [4.69, 9.17) is 9.47 Å². The van der Waals surface area contributed by atoms with E-state index in [2.05, 4.69) is 35.6 Å². The van der Waals surface area contributed by atoms with Crippen LogP contribution in [-0.2, 0) is 4.74 Å². The number of hydrogen-bond acceptors (Lipinski definition) is 3. The van der Waals surface area contributed by atoms with Crippen molar-refractivity contribution in [1.82, 2.24) is 5.32 Å². The fourth-order valence-corrected chi connectivity index (χ4v) is 2.65. The molecule has 1 aliphatic heterocycles. The summed E-state index contributed by atoms with van der Waals surface area (Å²) in [4.78, 5) is 0. The van der Waals surface area contributed by atoms with E-state index >= 15 is 0 Å². The number of benzene rings is 2. The van der Waals surface area contributed by atoms with Gasteiger partial charge < -0.3 is 14.8 Å². The smallest absolute Gasteiger partial charge is 0.127 e. The first kappa shape index (κ1) is 13.4. The molecular formula is C17H21NO2. The third-order valence-corrected chi connectivity index (χ3v) is 3.76. The number of fused-ring (bicyclic) bond motifs is 1. The van der Waals surface area contributed by atoms with Crippen molar-refractivity contribution in [3.8, 4) is 5.75 Å². The van der Waals surface area contributed by atoms with Gasteiger partial charge in [-0.1, -0.05) is 36.4 Å². The topological polar surface area (TPSA) is 30.5 Å². The molecule has 20 heavy (non-hydrogen) atoms. The van der Waals surface area contributed by atoms with Crippen molar-refractivity contribution < 1.29 is 9.47 Å². The first-order valence-electron chi connectivity index (χ1n) is 7.35. The zero-order chi connectivity index (χ0) is 13.6. The molecule has 0 bridgehead atoms. The molecule has 106 valence electrons. The van der Waals surface area contributed by atoms with Crippen molar-refractivity contribution in [3.63, 3.8) is 0 Å². The van der Waals surface area contributed by atoms with Gasteiger partial charge in [0.25, 0.3) is 0 Å². The Hall–Kier alpha value is -1.58. The van der Waals surface area contributed by atoms with Gasteiger partial charge in [0.05, 0.1) is 0 Å². The highest BCUT2D eigenvalue weighted by atomic mass is 16.5. The zero-order valence-corrected chi connectivity index (χ0v) is 11.7. The molecule has 2 aromatic rings. The highest BCUT2D eigenvalue weighted by Crippen LogP contribution is 2.24. The summed E-state index contributed by atoms with van der Waals surface area (Å²) in [5, 5.41) is 5.94. The zero-order valence-electron chi connectivity index (χ0n) is 11.7. The number of rotatable bonds is 5. The van der Waals surface area contributed by atoms with E-state index in [1.165, 1.54) is 10.8 Å². The summed E-state index contributed by atoms with van der Waals surface area (Å²) in [6.07, 6.45) is 2.21. The van der Waals surface area contributed by atoms with Gasteiger partial charge in [-0.2, -0.15) is 0 Å². The Labute approximate surface area is 119 Å². The molecule has 0 spiro atoms. The third kappa shape index (κ3) is 3.30. The van der Waals surface area contributed by atoms with Crippen molar-refractivity contribution in [1.29, 1.82) is 0 Å². The summed E-state index contributed by atoms with van der Waals surface area (Å²) in [7, 11) is 0. The van der Waals surface area contributed by atoms with E-state index in [0.29, 0.717) is 12.6 Å². The highest BCUT2D eigenvalue weighted by Gasteiger charge is 2.12. The molecule has 2 aromatic carbocycles. The van der Waals surface area contributed by atoms with Crippen LogP contribution in [0.3, 0.4) is 0 Å². The predicted octanol–water partition coefficient (Wildman–Crippen LogP) is 2.99. The van der Waals surface area contributed by atoms with Gasteiger partial charge in [-0.3, -0.25) is 0 Å². The molecule has 0 atom stereocenters. The Kier molecular flexibility index (Phi) is 4.51. The second-order valence-corrected chi connectivity index (χ2v) is 5.17. The summed E-state index contributed by atoms with van der Waals surface area (Å²) < 4.78 is 11.3. The van der Waals surface area contributed by atoms with Crippen LogP contribution in [0.4, 0.5) is 0 Å². The van der Waals surface area contributed by atoms with Gasteiger partial charge in [0.15, 0.2) is 0 Å². The molecule has 0 amide bonds. The van der Waals surface area contributed by atoms with E-state index in [-0.39, 0.29) is 0 Å². The van der Waals surface area contributed by atoms with E-state index in [0.717, 1.165) is 38.3 Å². The monoisotopic (exact) mass is 271 g/mol. The Morgan fingerprint density at radius 2 is 1.85 bits per heavy atom. The number of hydrogen-bond donors (Lipinski definition) is 1. The SMILES string of the molecule is c1ccc2c(OCCNC3CCOCC3)cccc2c1. The maximum Gasteiger partial charge on any atom is 0.127 e. The largest absolute Gasteiger partial charge is 0.492 e. The minimum atomic E-state index is 0.583. The molecule has 0 aromatic heterocycles. The van der Waals surface area contributed by atoms with E-state index < -0.39 is 0 Å². The quantitative estimate of drug-likeness (QED) is 0.848. The fourth-order valence-electron chi connectivity index (χ4n) is 2.65. The van der Waals surface area contributed by atoms with Crippen LogP contribution >= 0.6 is 0 Å². The minimum Gasteiger partial charge on any atom is -0.492 e. The van der Waals surface area contributed by atoms with Gasteiger partial charge in [-0.25, -0.2) is 0 Å². The van der Waals surface area contributed by atoms with Gasteiger partial charge in [-0.15, -0.1) is 0 Å². The summed E-state index contributed by atoms with van der Waals surface area (Å²) in [6.45, 7) is 3.34. The molecule has 3 rings (SSSR count). The van der Waals surface area contributed by atoms with Crippen molar-refractivity contribution in [3.05, 3.63) is 42.5 Å². The van der Waals surface area contributed by atoms with Gasteiger partial charge in [0.1, 0.15) is 12.4 Å². The summed E-state index contributed by atoms with van der Waals surface area (Å²) in [5.41, 5.74) is 0. The van der Waals surface area contributed by atoms with Crippen LogP contribution in [0.5, 0.6) is 5.75 Å². The van der Waals surface area contributed by atoms with Crippen LogP contribution in [0.15, 0.2) is 42.5 Å². The van der Waals surface area contributed by atoms with Crippen LogP contribution in [-0.4, -0.2) is 32.4 Å². The molecular weight excluding hydrogens is 250 g/mol. The molecule has 0 radical (unpaired) electrons. The summed E-state index contributed by atoms with van der Waals surface area (Å²) in [6, 6.07) is 15.1. The third-order valence-electron chi connectivity index (χ3n) is 3.76. The lowest BCUT2D eigenvalue weighted by atomic mass is 10.1. The highest BCUT2D eigenvalue weighted by molar-refractivity contribution is 5.88. The number of nitrogens with one attached hydrogen (secondary N) is 1. The second-order valence-electron chi connectivity index (χ2n) is 5.17. The van der Waals surface area contributed by atoms with Crippen molar-refractivity contribution in [2.24, 2.45) is 0 Å². The van der Waals surface area contributed by atoms with Gasteiger partial charge >= 0.3 is 0 Å². The molecule has 1 heterocycles. The Morgan fingerprint density at radius 1 is 1.05 bits per heavy atom. The Morgan fingerprint density at radius 3 is 2.75 bits per heavy atom. The molecule has 1 fully saturated rings. The lowest BCUT2D eigenvalue weighted by Crippen LogP contribution is -2.37. The number of ether oxygens (including phenoxy) is 2. The van der Waals surface area contributed by atoms with Gasteiger partial charge in [0, 0.05) is 31.2 Å². The van der Waals surface area contributed by atoms with Gasteiger partial charge in [-0.05, 0) is 24.3 Å². The molecule has 0 aliphatic carbocycles. The molecule has 3 heteroatoms. The average molecular weight is 271 g/mol. The Balaban J connectivity index is 1.52. The molecule has 0 unspecified atom stereocenters. The molecule has 1 saturated heterocycles. The van der Waals surface area contributed by atoms with Crippen molar-refractivity contribution >= 4 is 10.8 Å². The minimum absolute atomic E-state index is 0.583. The van der Waals surface area contributed by atoms with E-state index in [1.54, 1.807) is 0 Å². The van der Waals surface area contributed by atoms with E-state index in [1.807, 2.05) is 12.1 Å². The van der Waals surface area contributed by atoms with Gasteiger partial charge in [0.2, 0.25) is 0 Å². The van der Waals surface area contributed by atoms with Crippen LogP contribution in [0.25, 0.3) is 10.8 Å². The van der Waals surface area contributed by atoms with Crippen LogP contribution < -0.4 is 10.1 Å². The fraction of sp³-hybridized carbons (Fsp3) is 0.412. The Bertz CT molecular complexity index is 544. The first-order chi connectivity index (χ1) is 9.93. The lowest BCUT2D eigenvalue weighted by molar-refractivity contribution is 0.0770. The maximum atomic E-state index is 5.92. The van der Waals surface area contributed by atoms with Crippen molar-refractivity contribution in [2.75, 3.05) is 26.4 Å². The first-order valence-corrected chi connectivity index (χ1v) is 7.35. The van der Waals surface area contributed by atoms with Crippen molar-refractivity contribution in [2.45, 2.75) is 18.9 Å². The standard InChI is InChI=1S/C17H21NO2/c1-2-6-16-14(4-1)5-3-7-17(16)20-13-10-18-15-8-11-19-12-9-15/h1-7,15,18H,8-13H2. The second kappa shape index (κ2) is 6.73. The molecule has 3 nitrogen and oxygen atoms in total. The predicted molar refractivity (Wildman–Crippen MR) is 81.3 cm³/mol. The summed E-state index contributed by atoms with van der Waals surface area (Å²) >= 11 is 0. The summed E-state index contributed by atoms with van der Waals surface area (Å²) in [5.74, 6) is 0.969.